The Morgan fingerprint density at radius 2 is 1.90 bits per heavy atom. The van der Waals surface area contributed by atoms with E-state index in [0.29, 0.717) is 5.02 Å². The van der Waals surface area contributed by atoms with E-state index in [-0.39, 0.29) is 11.6 Å². The highest BCUT2D eigenvalue weighted by Gasteiger charge is 2.47. The van der Waals surface area contributed by atoms with Crippen molar-refractivity contribution in [3.63, 3.8) is 0 Å². The number of rotatable bonds is 1. The lowest BCUT2D eigenvalue weighted by molar-refractivity contribution is 0.174. The topological polar surface area (TPSA) is 48.8 Å². The van der Waals surface area contributed by atoms with Gasteiger partial charge in [-0.05, 0) is 32.3 Å². The summed E-state index contributed by atoms with van der Waals surface area (Å²) in [6.45, 7) is 5.70. The molecule has 1 spiro atoms. The molecule has 1 aromatic rings. The maximum absolute atomic E-state index is 11.8. The number of carbonyl (C=O) groups is 1. The molecule has 0 radical (unpaired) electrons. The molecule has 0 saturated carbocycles. The molecule has 1 saturated heterocycles. The van der Waals surface area contributed by atoms with Gasteiger partial charge in [0.25, 0.3) is 0 Å². The molecule has 2 aliphatic heterocycles. The summed E-state index contributed by atoms with van der Waals surface area (Å²) in [5.41, 5.74) is 2.87. The predicted molar refractivity (Wildman–Crippen MR) is 84.4 cm³/mol. The highest BCUT2D eigenvalue weighted by Crippen LogP contribution is 2.38. The first-order valence-electron chi connectivity index (χ1n) is 7.14. The lowest BCUT2D eigenvalue weighted by atomic mass is 9.83. The van der Waals surface area contributed by atoms with Crippen molar-refractivity contribution in [2.24, 2.45) is 4.99 Å². The zero-order valence-corrected chi connectivity index (χ0v) is 13.3. The summed E-state index contributed by atoms with van der Waals surface area (Å²) in [6, 6.07) is -0.126. The Hall–Kier alpha value is -1.62. The molecule has 2 amide bonds. The smallest absolute Gasteiger partial charge is 0.344 e. The summed E-state index contributed by atoms with van der Waals surface area (Å²) in [4.78, 5) is 24.1. The van der Waals surface area contributed by atoms with Gasteiger partial charge in [-0.1, -0.05) is 11.6 Å². The zero-order chi connectivity index (χ0) is 15.2. The van der Waals surface area contributed by atoms with Crippen LogP contribution in [0.3, 0.4) is 0 Å². The molecule has 1 aromatic heterocycles. The van der Waals surface area contributed by atoms with Gasteiger partial charge >= 0.3 is 6.03 Å². The minimum atomic E-state index is -0.207. The first-order chi connectivity index (χ1) is 9.95. The van der Waals surface area contributed by atoms with E-state index in [0.717, 1.165) is 42.9 Å². The van der Waals surface area contributed by atoms with Gasteiger partial charge in [-0.3, -0.25) is 4.98 Å². The molecule has 21 heavy (non-hydrogen) atoms. The number of carbonyl (C=O) groups excluding carboxylic acids is 1. The molecule has 0 aromatic carbocycles. The van der Waals surface area contributed by atoms with E-state index in [1.165, 1.54) is 0 Å². The van der Waals surface area contributed by atoms with Gasteiger partial charge in [-0.15, -0.1) is 0 Å². The lowest BCUT2D eigenvalue weighted by Crippen LogP contribution is -2.56. The molecular formula is C15H19ClN4O. The predicted octanol–water partition coefficient (Wildman–Crippen LogP) is 2.91. The van der Waals surface area contributed by atoms with Gasteiger partial charge in [0.1, 0.15) is 0 Å². The fourth-order valence-corrected chi connectivity index (χ4v) is 3.80. The van der Waals surface area contributed by atoms with Crippen LogP contribution in [0.2, 0.25) is 5.02 Å². The Balaban J connectivity index is 1.83. The second kappa shape index (κ2) is 4.98. The van der Waals surface area contributed by atoms with E-state index in [2.05, 4.69) is 14.9 Å². The Kier molecular flexibility index (Phi) is 3.40. The van der Waals surface area contributed by atoms with Crippen molar-refractivity contribution >= 4 is 29.0 Å². The molecule has 0 aliphatic carbocycles. The van der Waals surface area contributed by atoms with E-state index < -0.39 is 0 Å². The number of piperidine rings is 1. The summed E-state index contributed by atoms with van der Waals surface area (Å²) < 4.78 is 0. The average Bonchev–Trinajstić information content (AvgIpc) is 2.65. The molecule has 0 unspecified atom stereocenters. The molecule has 3 heterocycles. The standard InChI is InChI=1S/C15H19ClN4O/c1-10-8-17-9-12(16)13(10)20-6-4-15(5-7-20)11(2)18-14(21)19(15)3/h8-9H,4-7H2,1-3H3. The van der Waals surface area contributed by atoms with Gasteiger partial charge in [0.05, 0.1) is 16.2 Å². The van der Waals surface area contributed by atoms with Gasteiger partial charge in [0, 0.05) is 38.2 Å². The second-order valence-electron chi connectivity index (χ2n) is 5.84. The molecule has 5 nitrogen and oxygen atoms in total. The van der Waals surface area contributed by atoms with Crippen LogP contribution < -0.4 is 4.90 Å². The molecule has 1 fully saturated rings. The molecule has 0 bridgehead atoms. The summed E-state index contributed by atoms with van der Waals surface area (Å²) in [5, 5.41) is 0.687. The normalized spacial score (nSPS) is 21.1. The van der Waals surface area contributed by atoms with Crippen molar-refractivity contribution in [1.82, 2.24) is 9.88 Å². The van der Waals surface area contributed by atoms with Gasteiger partial charge in [0.15, 0.2) is 0 Å². The summed E-state index contributed by atoms with van der Waals surface area (Å²) in [5.74, 6) is 0. The van der Waals surface area contributed by atoms with Crippen molar-refractivity contribution in [3.8, 4) is 0 Å². The van der Waals surface area contributed by atoms with Crippen LogP contribution in [0.15, 0.2) is 17.4 Å². The number of amides is 2. The number of halogens is 1. The third kappa shape index (κ3) is 2.11. The highest BCUT2D eigenvalue weighted by molar-refractivity contribution is 6.33. The molecule has 3 rings (SSSR count). The number of hydrogen-bond donors (Lipinski definition) is 0. The minimum absolute atomic E-state index is 0.126. The lowest BCUT2D eigenvalue weighted by Gasteiger charge is -2.44. The Morgan fingerprint density at radius 3 is 2.43 bits per heavy atom. The van der Waals surface area contributed by atoms with E-state index in [4.69, 9.17) is 11.6 Å². The Morgan fingerprint density at radius 1 is 1.24 bits per heavy atom. The fourth-order valence-electron chi connectivity index (χ4n) is 3.47. The molecule has 112 valence electrons. The number of urea groups is 1. The molecule has 0 N–H and O–H groups in total. The van der Waals surface area contributed by atoms with Crippen molar-refractivity contribution in [2.75, 3.05) is 25.0 Å². The van der Waals surface area contributed by atoms with Gasteiger partial charge in [-0.25, -0.2) is 9.79 Å². The third-order valence-electron chi connectivity index (χ3n) is 4.83. The number of nitrogens with zero attached hydrogens (tertiary/aromatic N) is 4. The number of aliphatic imine (C=N–C) groups is 1. The number of hydrogen-bond acceptors (Lipinski definition) is 3. The molecular weight excluding hydrogens is 288 g/mol. The van der Waals surface area contributed by atoms with E-state index in [9.17, 15) is 4.79 Å². The van der Waals surface area contributed by atoms with Crippen molar-refractivity contribution in [1.29, 1.82) is 0 Å². The SMILES string of the molecule is CC1=NC(=O)N(C)C12CCN(c1c(C)cncc1Cl)CC2. The van der Waals surface area contributed by atoms with Crippen LogP contribution in [-0.4, -0.2) is 47.3 Å². The minimum Gasteiger partial charge on any atom is -0.370 e. The van der Waals surface area contributed by atoms with Crippen molar-refractivity contribution in [3.05, 3.63) is 23.0 Å². The van der Waals surface area contributed by atoms with Crippen LogP contribution in [-0.2, 0) is 0 Å². The maximum atomic E-state index is 11.8. The zero-order valence-electron chi connectivity index (χ0n) is 12.6. The van der Waals surface area contributed by atoms with Gasteiger partial charge in [0.2, 0.25) is 0 Å². The Labute approximate surface area is 129 Å². The maximum Gasteiger partial charge on any atom is 0.344 e. The van der Waals surface area contributed by atoms with Gasteiger partial charge in [-0.2, -0.15) is 0 Å². The molecule has 6 heteroatoms. The molecule has 2 aliphatic rings. The van der Waals surface area contributed by atoms with Crippen molar-refractivity contribution < 1.29 is 4.79 Å². The first-order valence-corrected chi connectivity index (χ1v) is 7.52. The van der Waals surface area contributed by atoms with E-state index in [1.54, 1.807) is 11.1 Å². The first kappa shape index (κ1) is 14.3. The third-order valence-corrected chi connectivity index (χ3v) is 5.11. The van der Waals surface area contributed by atoms with Crippen LogP contribution in [0.4, 0.5) is 10.5 Å². The largest absolute Gasteiger partial charge is 0.370 e. The van der Waals surface area contributed by atoms with Crippen molar-refractivity contribution in [2.45, 2.75) is 32.2 Å². The van der Waals surface area contributed by atoms with Crippen LogP contribution in [0.5, 0.6) is 0 Å². The van der Waals surface area contributed by atoms with Crippen LogP contribution in [0, 0.1) is 6.92 Å². The highest BCUT2D eigenvalue weighted by atomic mass is 35.5. The number of anilines is 1. The number of aromatic nitrogens is 1. The number of pyridine rings is 1. The van der Waals surface area contributed by atoms with Crippen LogP contribution in [0.1, 0.15) is 25.3 Å². The summed E-state index contributed by atoms with van der Waals surface area (Å²) in [7, 11) is 1.85. The van der Waals surface area contributed by atoms with E-state index in [1.807, 2.05) is 27.1 Å². The number of aryl methyl sites for hydroxylation is 1. The van der Waals surface area contributed by atoms with Crippen LogP contribution in [0.25, 0.3) is 0 Å². The van der Waals surface area contributed by atoms with Crippen LogP contribution >= 0.6 is 11.6 Å². The summed E-state index contributed by atoms with van der Waals surface area (Å²) >= 11 is 6.30. The fraction of sp³-hybridized carbons (Fsp3) is 0.533. The average molecular weight is 307 g/mol. The second-order valence-corrected chi connectivity index (χ2v) is 6.25. The Bertz CT molecular complexity index is 600. The molecule has 0 atom stereocenters. The quantitative estimate of drug-likeness (QED) is 0.801. The van der Waals surface area contributed by atoms with E-state index >= 15 is 0 Å². The summed E-state index contributed by atoms with van der Waals surface area (Å²) in [6.07, 6.45) is 5.28. The monoisotopic (exact) mass is 306 g/mol. The van der Waals surface area contributed by atoms with Gasteiger partial charge < -0.3 is 9.80 Å².